The highest BCUT2D eigenvalue weighted by Crippen LogP contribution is 2.26. The Labute approximate surface area is 138 Å². The number of hydrogen-bond acceptors (Lipinski definition) is 3. The Bertz CT molecular complexity index is 786. The van der Waals surface area contributed by atoms with Gasteiger partial charge >= 0.3 is 0 Å². The summed E-state index contributed by atoms with van der Waals surface area (Å²) in [7, 11) is 0. The molecule has 4 heteroatoms. The minimum atomic E-state index is -0.0413. The summed E-state index contributed by atoms with van der Waals surface area (Å²) in [6.45, 7) is 2.04. The van der Waals surface area contributed by atoms with Crippen LogP contribution in [0.15, 0.2) is 53.2 Å². The van der Waals surface area contributed by atoms with E-state index in [4.69, 9.17) is 0 Å². The van der Waals surface area contributed by atoms with Crippen LogP contribution in [0, 0.1) is 0 Å². The molecule has 0 unspecified atom stereocenters. The van der Waals surface area contributed by atoms with Gasteiger partial charge in [-0.3, -0.25) is 4.79 Å². The van der Waals surface area contributed by atoms with Gasteiger partial charge in [0.1, 0.15) is 0 Å². The Morgan fingerprint density at radius 1 is 1.23 bits per heavy atom. The van der Waals surface area contributed by atoms with E-state index in [-0.39, 0.29) is 11.9 Å². The highest BCUT2D eigenvalue weighted by molar-refractivity contribution is 7.17. The van der Waals surface area contributed by atoms with Crippen LogP contribution in [0.1, 0.15) is 17.4 Å². The van der Waals surface area contributed by atoms with E-state index in [1.54, 1.807) is 28.7 Å². The van der Waals surface area contributed by atoms with Crippen molar-refractivity contribution in [1.29, 1.82) is 0 Å². The Hall–Kier alpha value is -1.91. The van der Waals surface area contributed by atoms with Crippen molar-refractivity contribution in [2.24, 2.45) is 0 Å². The van der Waals surface area contributed by atoms with Gasteiger partial charge in [0, 0.05) is 21.7 Å². The second-order valence-electron chi connectivity index (χ2n) is 5.22. The summed E-state index contributed by atoms with van der Waals surface area (Å²) in [5, 5.41) is 8.51. The van der Waals surface area contributed by atoms with Crippen molar-refractivity contribution in [2.75, 3.05) is 0 Å². The second kappa shape index (κ2) is 6.90. The third kappa shape index (κ3) is 3.64. The third-order valence-electron chi connectivity index (χ3n) is 3.42. The second-order valence-corrected chi connectivity index (χ2v) is 7.11. The summed E-state index contributed by atoms with van der Waals surface area (Å²) >= 11 is 3.38. The molecular formula is C18H17NOS2. The quantitative estimate of drug-likeness (QED) is 0.675. The van der Waals surface area contributed by atoms with Crippen LogP contribution in [-0.2, 0) is 11.2 Å². The lowest BCUT2D eigenvalue weighted by Gasteiger charge is -2.11. The molecule has 2 heterocycles. The molecule has 3 aromatic rings. The average Bonchev–Trinajstić information content (AvgIpc) is 3.15. The fourth-order valence-electron chi connectivity index (χ4n) is 2.41. The van der Waals surface area contributed by atoms with Gasteiger partial charge in [-0.05, 0) is 53.3 Å². The van der Waals surface area contributed by atoms with Crippen molar-refractivity contribution < 1.29 is 4.79 Å². The van der Waals surface area contributed by atoms with Gasteiger partial charge in [-0.1, -0.05) is 24.3 Å². The molecule has 0 aliphatic heterocycles. The maximum absolute atomic E-state index is 12.0. The molecule has 0 spiro atoms. The highest BCUT2D eigenvalue weighted by atomic mass is 32.1. The van der Waals surface area contributed by atoms with E-state index in [0.29, 0.717) is 0 Å². The number of rotatable bonds is 5. The lowest BCUT2D eigenvalue weighted by molar-refractivity contribution is -0.117. The fraction of sp³-hybridized carbons (Fsp3) is 0.167. The number of amides is 1. The zero-order valence-corrected chi connectivity index (χ0v) is 13.9. The first-order valence-corrected chi connectivity index (χ1v) is 8.95. The summed E-state index contributed by atoms with van der Waals surface area (Å²) in [5.41, 5.74) is 1.30. The SMILES string of the molecule is C[C@H](Cc1csc2ccccc12)NC(=O)/C=C/c1cccs1. The minimum Gasteiger partial charge on any atom is -0.350 e. The summed E-state index contributed by atoms with van der Waals surface area (Å²) in [5.74, 6) is -0.0413. The molecule has 0 aliphatic carbocycles. The number of carbonyl (C=O) groups is 1. The molecule has 0 bridgehead atoms. The molecule has 22 heavy (non-hydrogen) atoms. The van der Waals surface area contributed by atoms with Gasteiger partial charge < -0.3 is 5.32 Å². The van der Waals surface area contributed by atoms with Gasteiger partial charge in [0.2, 0.25) is 5.91 Å². The van der Waals surface area contributed by atoms with Crippen molar-refractivity contribution in [1.82, 2.24) is 5.32 Å². The Morgan fingerprint density at radius 2 is 2.09 bits per heavy atom. The van der Waals surface area contributed by atoms with Crippen molar-refractivity contribution in [3.8, 4) is 0 Å². The molecule has 0 fully saturated rings. The van der Waals surface area contributed by atoms with E-state index in [2.05, 4.69) is 35.0 Å². The van der Waals surface area contributed by atoms with Crippen LogP contribution >= 0.6 is 22.7 Å². The van der Waals surface area contributed by atoms with Crippen LogP contribution in [-0.4, -0.2) is 11.9 Å². The maximum Gasteiger partial charge on any atom is 0.244 e. The van der Waals surface area contributed by atoms with Crippen LogP contribution < -0.4 is 5.32 Å². The molecule has 2 nitrogen and oxygen atoms in total. The van der Waals surface area contributed by atoms with Crippen LogP contribution in [0.25, 0.3) is 16.2 Å². The van der Waals surface area contributed by atoms with Crippen LogP contribution in [0.2, 0.25) is 0 Å². The predicted octanol–water partition coefficient (Wildman–Crippen LogP) is 4.72. The predicted molar refractivity (Wildman–Crippen MR) is 96.5 cm³/mol. The number of fused-ring (bicyclic) bond motifs is 1. The molecule has 3 rings (SSSR count). The van der Waals surface area contributed by atoms with E-state index in [9.17, 15) is 4.79 Å². The molecule has 0 radical (unpaired) electrons. The molecular weight excluding hydrogens is 310 g/mol. The van der Waals surface area contributed by atoms with Gasteiger partial charge in [0.15, 0.2) is 0 Å². The van der Waals surface area contributed by atoms with Gasteiger partial charge in [-0.2, -0.15) is 0 Å². The molecule has 1 atom stereocenters. The minimum absolute atomic E-state index is 0.0413. The maximum atomic E-state index is 12.0. The average molecular weight is 327 g/mol. The number of nitrogens with one attached hydrogen (secondary N) is 1. The topological polar surface area (TPSA) is 29.1 Å². The van der Waals surface area contributed by atoms with Crippen molar-refractivity contribution >= 4 is 44.7 Å². The summed E-state index contributed by atoms with van der Waals surface area (Å²) < 4.78 is 1.30. The molecule has 1 amide bonds. The van der Waals surface area contributed by atoms with Crippen molar-refractivity contribution in [3.05, 3.63) is 63.7 Å². The first-order valence-electron chi connectivity index (χ1n) is 7.19. The van der Waals surface area contributed by atoms with E-state index in [1.165, 1.54) is 15.6 Å². The van der Waals surface area contributed by atoms with E-state index < -0.39 is 0 Å². The zero-order valence-electron chi connectivity index (χ0n) is 12.3. The molecule has 1 N–H and O–H groups in total. The van der Waals surface area contributed by atoms with Gasteiger partial charge in [-0.25, -0.2) is 0 Å². The number of carbonyl (C=O) groups excluding carboxylic acids is 1. The van der Waals surface area contributed by atoms with Crippen molar-refractivity contribution in [3.63, 3.8) is 0 Å². The lowest BCUT2D eigenvalue weighted by Crippen LogP contribution is -2.32. The largest absolute Gasteiger partial charge is 0.350 e. The third-order valence-corrected chi connectivity index (χ3v) is 5.27. The Balaban J connectivity index is 1.60. The lowest BCUT2D eigenvalue weighted by atomic mass is 10.1. The summed E-state index contributed by atoms with van der Waals surface area (Å²) in [4.78, 5) is 13.0. The standard InChI is InChI=1S/C18H17NOS2/c1-13(19-18(20)9-8-15-5-4-10-21-15)11-14-12-22-17-7-3-2-6-16(14)17/h2-10,12-13H,11H2,1H3,(H,19,20)/b9-8+/t13-/m1/s1. The first kappa shape index (κ1) is 15.0. The van der Waals surface area contributed by atoms with Gasteiger partial charge in [-0.15, -0.1) is 22.7 Å². The highest BCUT2D eigenvalue weighted by Gasteiger charge is 2.09. The monoisotopic (exact) mass is 327 g/mol. The fourth-order valence-corrected chi connectivity index (χ4v) is 4.00. The van der Waals surface area contributed by atoms with Crippen LogP contribution in [0.5, 0.6) is 0 Å². The van der Waals surface area contributed by atoms with E-state index in [0.717, 1.165) is 11.3 Å². The number of hydrogen-bond donors (Lipinski definition) is 1. The molecule has 0 saturated heterocycles. The van der Waals surface area contributed by atoms with Gasteiger partial charge in [0.05, 0.1) is 0 Å². The first-order chi connectivity index (χ1) is 10.7. The number of benzene rings is 1. The van der Waals surface area contributed by atoms with E-state index >= 15 is 0 Å². The van der Waals surface area contributed by atoms with Crippen LogP contribution in [0.4, 0.5) is 0 Å². The molecule has 112 valence electrons. The normalized spacial score (nSPS) is 12.8. The summed E-state index contributed by atoms with van der Waals surface area (Å²) in [6, 6.07) is 12.5. The molecule has 0 saturated carbocycles. The molecule has 0 aliphatic rings. The Kier molecular flexibility index (Phi) is 4.71. The van der Waals surface area contributed by atoms with Crippen LogP contribution in [0.3, 0.4) is 0 Å². The smallest absolute Gasteiger partial charge is 0.244 e. The zero-order chi connectivity index (χ0) is 15.4. The summed E-state index contributed by atoms with van der Waals surface area (Å²) in [6.07, 6.45) is 4.31. The molecule has 1 aromatic carbocycles. The van der Waals surface area contributed by atoms with E-state index in [1.807, 2.05) is 30.5 Å². The van der Waals surface area contributed by atoms with Gasteiger partial charge in [0.25, 0.3) is 0 Å². The number of thiophene rings is 2. The van der Waals surface area contributed by atoms with Crippen molar-refractivity contribution in [2.45, 2.75) is 19.4 Å². The molecule has 2 aromatic heterocycles. The Morgan fingerprint density at radius 3 is 2.91 bits per heavy atom.